The zero-order valence-electron chi connectivity index (χ0n) is 11.7. The minimum atomic E-state index is -0.463. The zero-order valence-corrected chi connectivity index (χ0v) is 11.7. The Morgan fingerprint density at radius 2 is 1.82 bits per heavy atom. The summed E-state index contributed by atoms with van der Waals surface area (Å²) in [6, 6.07) is 15.3. The van der Waals surface area contributed by atoms with Gasteiger partial charge in [0.25, 0.3) is 5.69 Å². The van der Waals surface area contributed by atoms with Gasteiger partial charge < -0.3 is 9.30 Å². The molecular formula is C16H12N2O4. The fraction of sp³-hybridized carbons (Fsp3) is 0.0625. The molecule has 0 radical (unpaired) electrons. The number of benzene rings is 2. The van der Waals surface area contributed by atoms with Crippen LogP contribution in [0.15, 0.2) is 54.6 Å². The lowest BCUT2D eigenvalue weighted by molar-refractivity contribution is -0.384. The number of nitro benzene ring substituents is 1. The van der Waals surface area contributed by atoms with Crippen LogP contribution in [0.1, 0.15) is 10.5 Å². The maximum atomic E-state index is 12.0. The molecule has 6 heteroatoms. The quantitative estimate of drug-likeness (QED) is 0.422. The van der Waals surface area contributed by atoms with E-state index in [1.165, 1.54) is 19.2 Å². The first-order valence-electron chi connectivity index (χ1n) is 6.55. The number of carbonyl (C=O) groups is 1. The van der Waals surface area contributed by atoms with E-state index in [1.807, 2.05) is 24.3 Å². The third-order valence-electron chi connectivity index (χ3n) is 3.42. The van der Waals surface area contributed by atoms with Gasteiger partial charge in [0, 0.05) is 23.2 Å². The maximum Gasteiger partial charge on any atom is 0.355 e. The number of fused-ring (bicyclic) bond motifs is 1. The van der Waals surface area contributed by atoms with Crippen LogP contribution in [-0.4, -0.2) is 22.6 Å². The van der Waals surface area contributed by atoms with Gasteiger partial charge in [-0.25, -0.2) is 4.79 Å². The number of hydrogen-bond donors (Lipinski definition) is 0. The van der Waals surface area contributed by atoms with Gasteiger partial charge in [0.05, 0.1) is 17.5 Å². The number of hydrogen-bond acceptors (Lipinski definition) is 4. The Balaban J connectivity index is 2.23. The average molecular weight is 296 g/mol. The SMILES string of the molecule is COC(=O)c1cc2ccccc2n1-c1ccc([N+](=O)[O-])cc1. The molecule has 1 aromatic heterocycles. The van der Waals surface area contributed by atoms with E-state index in [0.29, 0.717) is 11.4 Å². The molecule has 0 spiro atoms. The first-order valence-corrected chi connectivity index (χ1v) is 6.55. The van der Waals surface area contributed by atoms with Crippen LogP contribution in [0.5, 0.6) is 0 Å². The monoisotopic (exact) mass is 296 g/mol. The minimum Gasteiger partial charge on any atom is -0.464 e. The number of para-hydroxylation sites is 1. The minimum absolute atomic E-state index is 0.000158. The van der Waals surface area contributed by atoms with Gasteiger partial charge >= 0.3 is 5.97 Å². The molecule has 0 atom stereocenters. The highest BCUT2D eigenvalue weighted by Crippen LogP contribution is 2.26. The second-order valence-electron chi connectivity index (χ2n) is 4.69. The highest BCUT2D eigenvalue weighted by Gasteiger charge is 2.17. The molecule has 0 aliphatic heterocycles. The maximum absolute atomic E-state index is 12.0. The highest BCUT2D eigenvalue weighted by atomic mass is 16.6. The third kappa shape index (κ3) is 2.20. The van der Waals surface area contributed by atoms with Crippen LogP contribution in [0.25, 0.3) is 16.6 Å². The summed E-state index contributed by atoms with van der Waals surface area (Å²) in [5.41, 5.74) is 1.86. The van der Waals surface area contributed by atoms with E-state index in [0.717, 1.165) is 10.9 Å². The summed E-state index contributed by atoms with van der Waals surface area (Å²) in [7, 11) is 1.32. The van der Waals surface area contributed by atoms with Crippen LogP contribution in [-0.2, 0) is 4.74 Å². The molecule has 3 rings (SSSR count). The van der Waals surface area contributed by atoms with E-state index in [-0.39, 0.29) is 5.69 Å². The summed E-state index contributed by atoms with van der Waals surface area (Å²) in [6.45, 7) is 0. The second-order valence-corrected chi connectivity index (χ2v) is 4.69. The van der Waals surface area contributed by atoms with E-state index in [4.69, 9.17) is 4.74 Å². The number of nitro groups is 1. The molecule has 0 aliphatic rings. The van der Waals surface area contributed by atoms with Crippen molar-refractivity contribution in [3.63, 3.8) is 0 Å². The predicted molar refractivity (Wildman–Crippen MR) is 81.3 cm³/mol. The normalized spacial score (nSPS) is 10.6. The molecule has 0 saturated carbocycles. The van der Waals surface area contributed by atoms with Crippen molar-refractivity contribution in [1.82, 2.24) is 4.57 Å². The zero-order chi connectivity index (χ0) is 15.7. The number of esters is 1. The summed E-state index contributed by atoms with van der Waals surface area (Å²) in [5.74, 6) is -0.463. The van der Waals surface area contributed by atoms with Gasteiger partial charge in [-0.05, 0) is 24.3 Å². The molecule has 0 N–H and O–H groups in total. The molecule has 0 aliphatic carbocycles. The van der Waals surface area contributed by atoms with E-state index in [2.05, 4.69) is 0 Å². The van der Waals surface area contributed by atoms with Gasteiger partial charge in [-0.3, -0.25) is 10.1 Å². The highest BCUT2D eigenvalue weighted by molar-refractivity contribution is 5.97. The Labute approximate surface area is 125 Å². The lowest BCUT2D eigenvalue weighted by Gasteiger charge is -2.09. The van der Waals surface area contributed by atoms with Gasteiger partial charge in [-0.2, -0.15) is 0 Å². The number of non-ortho nitro benzene ring substituents is 1. The third-order valence-corrected chi connectivity index (χ3v) is 3.42. The molecule has 3 aromatic rings. The summed E-state index contributed by atoms with van der Waals surface area (Å²) < 4.78 is 6.55. The number of rotatable bonds is 3. The smallest absolute Gasteiger partial charge is 0.355 e. The molecule has 0 saturated heterocycles. The molecule has 6 nitrogen and oxygen atoms in total. The van der Waals surface area contributed by atoms with Crippen molar-refractivity contribution < 1.29 is 14.5 Å². The van der Waals surface area contributed by atoms with Crippen molar-refractivity contribution in [2.45, 2.75) is 0 Å². The topological polar surface area (TPSA) is 74.4 Å². The molecule has 22 heavy (non-hydrogen) atoms. The van der Waals surface area contributed by atoms with Gasteiger partial charge in [-0.1, -0.05) is 18.2 Å². The molecule has 2 aromatic carbocycles. The molecule has 1 heterocycles. The number of nitrogens with zero attached hydrogens (tertiary/aromatic N) is 2. The molecule has 110 valence electrons. The summed E-state index contributed by atoms with van der Waals surface area (Å²) in [4.78, 5) is 22.3. The van der Waals surface area contributed by atoms with E-state index in [9.17, 15) is 14.9 Å². The molecule has 0 bridgehead atoms. The van der Waals surface area contributed by atoms with Crippen LogP contribution >= 0.6 is 0 Å². The Kier molecular flexibility index (Phi) is 3.34. The van der Waals surface area contributed by atoms with E-state index < -0.39 is 10.9 Å². The van der Waals surface area contributed by atoms with E-state index in [1.54, 1.807) is 22.8 Å². The van der Waals surface area contributed by atoms with Crippen molar-refractivity contribution in [2.75, 3.05) is 7.11 Å². The lowest BCUT2D eigenvalue weighted by Crippen LogP contribution is -2.09. The summed E-state index contributed by atoms with van der Waals surface area (Å²) in [6.07, 6.45) is 0. The fourth-order valence-electron chi connectivity index (χ4n) is 2.41. The van der Waals surface area contributed by atoms with Crippen LogP contribution in [0.4, 0.5) is 5.69 Å². The molecule has 0 fully saturated rings. The van der Waals surface area contributed by atoms with Crippen LogP contribution in [0.2, 0.25) is 0 Å². The van der Waals surface area contributed by atoms with Gasteiger partial charge in [0.1, 0.15) is 5.69 Å². The van der Waals surface area contributed by atoms with E-state index >= 15 is 0 Å². The van der Waals surface area contributed by atoms with Crippen LogP contribution in [0.3, 0.4) is 0 Å². The largest absolute Gasteiger partial charge is 0.464 e. The van der Waals surface area contributed by atoms with Crippen molar-refractivity contribution in [2.24, 2.45) is 0 Å². The standard InChI is InChI=1S/C16H12N2O4/c1-22-16(19)15-10-11-4-2-3-5-14(11)17(15)12-6-8-13(9-7-12)18(20)21/h2-10H,1H3. The van der Waals surface area contributed by atoms with Crippen LogP contribution in [0, 0.1) is 10.1 Å². The van der Waals surface area contributed by atoms with Crippen LogP contribution < -0.4 is 0 Å². The van der Waals surface area contributed by atoms with Crippen molar-refractivity contribution in [3.8, 4) is 5.69 Å². The van der Waals surface area contributed by atoms with Crippen molar-refractivity contribution in [3.05, 3.63) is 70.4 Å². The average Bonchev–Trinajstić information content (AvgIpc) is 2.93. The first kappa shape index (κ1) is 13.8. The Morgan fingerprint density at radius 1 is 1.14 bits per heavy atom. The number of methoxy groups -OCH3 is 1. The molecular weight excluding hydrogens is 284 g/mol. The Hall–Kier alpha value is -3.15. The van der Waals surface area contributed by atoms with Gasteiger partial charge in [0.15, 0.2) is 0 Å². The van der Waals surface area contributed by atoms with Crippen molar-refractivity contribution in [1.29, 1.82) is 0 Å². The second kappa shape index (κ2) is 5.33. The first-order chi connectivity index (χ1) is 10.6. The van der Waals surface area contributed by atoms with Gasteiger partial charge in [-0.15, -0.1) is 0 Å². The number of carbonyl (C=O) groups excluding carboxylic acids is 1. The predicted octanol–water partition coefficient (Wildman–Crippen LogP) is 3.33. The lowest BCUT2D eigenvalue weighted by atomic mass is 10.2. The number of ether oxygens (including phenoxy) is 1. The molecule has 0 amide bonds. The fourth-order valence-corrected chi connectivity index (χ4v) is 2.41. The Bertz CT molecular complexity index is 865. The molecule has 0 unspecified atom stereocenters. The number of aromatic nitrogens is 1. The Morgan fingerprint density at radius 3 is 2.45 bits per heavy atom. The van der Waals surface area contributed by atoms with Gasteiger partial charge in [0.2, 0.25) is 0 Å². The summed E-state index contributed by atoms with van der Waals surface area (Å²) >= 11 is 0. The van der Waals surface area contributed by atoms with Crippen molar-refractivity contribution >= 4 is 22.6 Å². The summed E-state index contributed by atoms with van der Waals surface area (Å²) in [5, 5.41) is 11.6.